The van der Waals surface area contributed by atoms with E-state index in [-0.39, 0.29) is 0 Å². The molecule has 1 aliphatic rings. The number of carbonyl (C=O) groups is 1. The Kier molecular flexibility index (Phi) is 4.97. The van der Waals surface area contributed by atoms with Crippen molar-refractivity contribution in [2.24, 2.45) is 5.16 Å². The van der Waals surface area contributed by atoms with E-state index in [9.17, 15) is 4.79 Å². The molecular formula is C12H12ClNO2S2. The Hall–Kier alpha value is -0.650. The Morgan fingerprint density at radius 1 is 1.33 bits per heavy atom. The zero-order chi connectivity index (χ0) is 13.0. The van der Waals surface area contributed by atoms with Crippen LogP contribution in [0.3, 0.4) is 0 Å². The van der Waals surface area contributed by atoms with Crippen LogP contribution in [-0.2, 0) is 4.84 Å². The molecule has 0 bridgehead atoms. The maximum Gasteiger partial charge on any atom is 0.365 e. The highest BCUT2D eigenvalue weighted by atomic mass is 35.5. The molecule has 1 fully saturated rings. The summed E-state index contributed by atoms with van der Waals surface area (Å²) in [6.45, 7) is 2.16. The van der Waals surface area contributed by atoms with Gasteiger partial charge in [0, 0.05) is 21.1 Å². The lowest BCUT2D eigenvalue weighted by atomic mass is 10.2. The maximum atomic E-state index is 11.7. The molecule has 0 amide bonds. The third-order valence-electron chi connectivity index (χ3n) is 2.31. The molecule has 0 saturated carbocycles. The highest BCUT2D eigenvalue weighted by Gasteiger charge is 2.15. The van der Waals surface area contributed by atoms with Gasteiger partial charge in [-0.1, -0.05) is 16.8 Å². The van der Waals surface area contributed by atoms with Gasteiger partial charge in [0.2, 0.25) is 0 Å². The number of carbonyl (C=O) groups excluding carboxylic acids is 1. The van der Waals surface area contributed by atoms with Crippen molar-refractivity contribution in [2.75, 3.05) is 11.5 Å². The fourth-order valence-corrected chi connectivity index (χ4v) is 3.53. The van der Waals surface area contributed by atoms with Gasteiger partial charge in [-0.15, -0.1) is 23.5 Å². The molecule has 1 aromatic rings. The van der Waals surface area contributed by atoms with E-state index in [2.05, 4.69) is 12.1 Å². The molecule has 1 aliphatic heterocycles. The van der Waals surface area contributed by atoms with Crippen LogP contribution in [0.2, 0.25) is 5.02 Å². The van der Waals surface area contributed by atoms with Crippen LogP contribution >= 0.6 is 35.1 Å². The van der Waals surface area contributed by atoms with Crippen LogP contribution in [0.15, 0.2) is 29.4 Å². The van der Waals surface area contributed by atoms with Gasteiger partial charge in [-0.3, -0.25) is 0 Å². The number of thioether (sulfide) groups is 2. The molecule has 1 aromatic carbocycles. The molecule has 1 saturated heterocycles. The van der Waals surface area contributed by atoms with Crippen LogP contribution in [0, 0.1) is 0 Å². The number of oxime groups is 1. The molecule has 96 valence electrons. The summed E-state index contributed by atoms with van der Waals surface area (Å²) in [6, 6.07) is 6.55. The molecule has 1 heterocycles. The van der Waals surface area contributed by atoms with Crippen LogP contribution in [-0.4, -0.2) is 27.8 Å². The summed E-state index contributed by atoms with van der Waals surface area (Å²) in [4.78, 5) is 16.6. The third-order valence-corrected chi connectivity index (χ3v) is 5.31. The van der Waals surface area contributed by atoms with Crippen molar-refractivity contribution in [3.8, 4) is 0 Å². The number of rotatable bonds is 2. The number of nitrogens with zero attached hydrogens (tertiary/aromatic N) is 1. The molecule has 0 N–H and O–H groups in total. The van der Waals surface area contributed by atoms with E-state index in [0.717, 1.165) is 17.2 Å². The first-order valence-corrected chi connectivity index (χ1v) is 7.88. The Morgan fingerprint density at radius 3 is 2.56 bits per heavy atom. The minimum atomic E-state index is -0.451. The molecule has 0 unspecified atom stereocenters. The van der Waals surface area contributed by atoms with Crippen molar-refractivity contribution in [2.45, 2.75) is 11.5 Å². The van der Waals surface area contributed by atoms with Gasteiger partial charge in [0.25, 0.3) is 0 Å². The first-order chi connectivity index (χ1) is 8.65. The van der Waals surface area contributed by atoms with Crippen molar-refractivity contribution in [3.63, 3.8) is 0 Å². The second kappa shape index (κ2) is 6.50. The SMILES string of the molecule is CC1SCC(=NOC(=O)c2ccc(Cl)cc2)CS1. The Balaban J connectivity index is 1.92. The number of hydrogen-bond donors (Lipinski definition) is 0. The second-order valence-electron chi connectivity index (χ2n) is 3.73. The van der Waals surface area contributed by atoms with Crippen molar-refractivity contribution < 1.29 is 9.63 Å². The summed E-state index contributed by atoms with van der Waals surface area (Å²) in [6.07, 6.45) is 0. The molecule has 0 spiro atoms. The van der Waals surface area contributed by atoms with Crippen molar-refractivity contribution >= 4 is 46.8 Å². The molecule has 0 aliphatic carbocycles. The molecule has 0 atom stereocenters. The van der Waals surface area contributed by atoms with E-state index < -0.39 is 5.97 Å². The number of hydrogen-bond acceptors (Lipinski definition) is 5. The van der Waals surface area contributed by atoms with Gasteiger partial charge < -0.3 is 4.84 Å². The summed E-state index contributed by atoms with van der Waals surface area (Å²) in [7, 11) is 0. The molecule has 6 heteroatoms. The van der Waals surface area contributed by atoms with E-state index in [4.69, 9.17) is 16.4 Å². The molecule has 0 radical (unpaired) electrons. The van der Waals surface area contributed by atoms with Gasteiger partial charge in [-0.05, 0) is 31.2 Å². The minimum Gasteiger partial charge on any atom is -0.313 e. The van der Waals surface area contributed by atoms with Crippen LogP contribution in [0.25, 0.3) is 0 Å². The Morgan fingerprint density at radius 2 is 1.94 bits per heavy atom. The normalized spacial score (nSPS) is 19.4. The van der Waals surface area contributed by atoms with Crippen molar-refractivity contribution in [3.05, 3.63) is 34.9 Å². The first kappa shape index (κ1) is 13.8. The van der Waals surface area contributed by atoms with E-state index in [0.29, 0.717) is 15.2 Å². The minimum absolute atomic E-state index is 0.451. The zero-order valence-electron chi connectivity index (χ0n) is 9.76. The third kappa shape index (κ3) is 3.93. The number of benzene rings is 1. The highest BCUT2D eigenvalue weighted by Crippen LogP contribution is 2.28. The molecule has 18 heavy (non-hydrogen) atoms. The maximum absolute atomic E-state index is 11.7. The largest absolute Gasteiger partial charge is 0.365 e. The van der Waals surface area contributed by atoms with Gasteiger partial charge >= 0.3 is 5.97 Å². The quantitative estimate of drug-likeness (QED) is 0.617. The second-order valence-corrected chi connectivity index (χ2v) is 7.13. The monoisotopic (exact) mass is 301 g/mol. The summed E-state index contributed by atoms with van der Waals surface area (Å²) < 4.78 is 0.580. The average Bonchev–Trinajstić information content (AvgIpc) is 2.38. The fourth-order valence-electron chi connectivity index (χ4n) is 1.31. The first-order valence-electron chi connectivity index (χ1n) is 5.41. The predicted octanol–water partition coefficient (Wildman–Crippen LogP) is 3.68. The molecule has 3 nitrogen and oxygen atoms in total. The fraction of sp³-hybridized carbons (Fsp3) is 0.333. The van der Waals surface area contributed by atoms with Gasteiger partial charge in [0.15, 0.2) is 0 Å². The van der Waals surface area contributed by atoms with E-state index in [1.54, 1.807) is 47.8 Å². The van der Waals surface area contributed by atoms with Crippen LogP contribution < -0.4 is 0 Å². The van der Waals surface area contributed by atoms with E-state index in [1.807, 2.05) is 0 Å². The summed E-state index contributed by atoms with van der Waals surface area (Å²) >= 11 is 9.34. The lowest BCUT2D eigenvalue weighted by molar-refractivity contribution is 0.0516. The molecular weight excluding hydrogens is 290 g/mol. The standard InChI is InChI=1S/C12H12ClNO2S2/c1-8-17-6-11(7-18-8)14-16-12(15)9-2-4-10(13)5-3-9/h2-5,8H,6-7H2,1H3. The van der Waals surface area contributed by atoms with Crippen LogP contribution in [0.1, 0.15) is 17.3 Å². The lowest BCUT2D eigenvalue weighted by Gasteiger charge is -2.17. The van der Waals surface area contributed by atoms with Gasteiger partial charge in [0.05, 0.1) is 11.3 Å². The van der Waals surface area contributed by atoms with Crippen molar-refractivity contribution in [1.82, 2.24) is 0 Å². The summed E-state index contributed by atoms with van der Waals surface area (Å²) in [5, 5.41) is 4.50. The molecule has 2 rings (SSSR count). The van der Waals surface area contributed by atoms with Gasteiger partial charge in [-0.2, -0.15) is 0 Å². The topological polar surface area (TPSA) is 38.7 Å². The summed E-state index contributed by atoms with van der Waals surface area (Å²) in [5.74, 6) is 1.19. The number of halogens is 1. The zero-order valence-corrected chi connectivity index (χ0v) is 12.1. The predicted molar refractivity (Wildman–Crippen MR) is 78.7 cm³/mol. The van der Waals surface area contributed by atoms with Gasteiger partial charge in [0.1, 0.15) is 0 Å². The Labute approximate surface area is 119 Å². The van der Waals surface area contributed by atoms with Gasteiger partial charge in [-0.25, -0.2) is 4.79 Å². The van der Waals surface area contributed by atoms with Crippen LogP contribution in [0.5, 0.6) is 0 Å². The van der Waals surface area contributed by atoms with Crippen molar-refractivity contribution in [1.29, 1.82) is 0 Å². The average molecular weight is 302 g/mol. The smallest absolute Gasteiger partial charge is 0.313 e. The summed E-state index contributed by atoms with van der Waals surface area (Å²) in [5.41, 5.74) is 1.36. The molecule has 0 aromatic heterocycles. The van der Waals surface area contributed by atoms with E-state index in [1.165, 1.54) is 0 Å². The highest BCUT2D eigenvalue weighted by molar-refractivity contribution is 8.18. The lowest BCUT2D eigenvalue weighted by Crippen LogP contribution is -2.16. The Bertz CT molecular complexity index is 452. The van der Waals surface area contributed by atoms with Crippen LogP contribution in [0.4, 0.5) is 0 Å². The van der Waals surface area contributed by atoms with E-state index >= 15 is 0 Å².